The number of hydrogen-bond donors (Lipinski definition) is 1. The van der Waals surface area contributed by atoms with Gasteiger partial charge < -0.3 is 9.52 Å². The number of furan rings is 1. The van der Waals surface area contributed by atoms with Gasteiger partial charge in [-0.05, 0) is 40.8 Å². The number of aliphatic hydroxyl groups is 1. The number of aliphatic hydroxyl groups excluding tert-OH is 1. The van der Waals surface area contributed by atoms with Gasteiger partial charge in [0.05, 0.1) is 12.9 Å². The number of hydrogen-bond acceptors (Lipinski definition) is 2. The van der Waals surface area contributed by atoms with Crippen LogP contribution >= 0.6 is 22.6 Å². The molecule has 0 saturated heterocycles. The van der Waals surface area contributed by atoms with Crippen LogP contribution in [0.25, 0.3) is 11.0 Å². The van der Waals surface area contributed by atoms with Crippen LogP contribution in [0.2, 0.25) is 0 Å². The Morgan fingerprint density at radius 1 is 1.42 bits per heavy atom. The van der Waals surface area contributed by atoms with E-state index in [2.05, 4.69) is 22.6 Å². The molecular weight excluding hydrogens is 267 g/mol. The molecule has 0 radical (unpaired) electrons. The summed E-state index contributed by atoms with van der Waals surface area (Å²) in [6.45, 7) is 0.0353. The lowest BCUT2D eigenvalue weighted by molar-refractivity contribution is 0.282. The van der Waals surface area contributed by atoms with Crippen molar-refractivity contribution in [2.45, 2.75) is 6.61 Å². The minimum absolute atomic E-state index is 0.0353. The molecule has 0 atom stereocenters. The molecule has 0 fully saturated rings. The van der Waals surface area contributed by atoms with E-state index in [9.17, 15) is 0 Å². The normalized spacial score (nSPS) is 10.8. The highest BCUT2D eigenvalue weighted by atomic mass is 127. The van der Waals surface area contributed by atoms with Crippen LogP contribution in [0.15, 0.2) is 28.9 Å². The largest absolute Gasteiger partial charge is 0.464 e. The van der Waals surface area contributed by atoms with Gasteiger partial charge in [0.15, 0.2) is 0 Å². The first-order valence-corrected chi connectivity index (χ1v) is 4.65. The highest BCUT2D eigenvalue weighted by molar-refractivity contribution is 14.1. The first-order valence-electron chi connectivity index (χ1n) is 3.58. The molecule has 2 aromatic rings. The Morgan fingerprint density at radius 2 is 2.25 bits per heavy atom. The average Bonchev–Trinajstić information content (AvgIpc) is 2.46. The fourth-order valence-corrected chi connectivity index (χ4v) is 1.64. The average molecular weight is 274 g/mol. The second-order valence-corrected chi connectivity index (χ2v) is 3.81. The van der Waals surface area contributed by atoms with E-state index in [1.165, 1.54) is 0 Å². The van der Waals surface area contributed by atoms with Gasteiger partial charge in [-0.3, -0.25) is 0 Å². The summed E-state index contributed by atoms with van der Waals surface area (Å²) >= 11 is 2.23. The Labute approximate surface area is 83.3 Å². The van der Waals surface area contributed by atoms with Gasteiger partial charge in [-0.1, -0.05) is 0 Å². The van der Waals surface area contributed by atoms with Crippen molar-refractivity contribution < 1.29 is 9.52 Å². The Morgan fingerprint density at radius 3 is 3.00 bits per heavy atom. The van der Waals surface area contributed by atoms with Crippen LogP contribution in [0.1, 0.15) is 5.56 Å². The van der Waals surface area contributed by atoms with Crippen LogP contribution in [0.3, 0.4) is 0 Å². The number of rotatable bonds is 1. The number of halogens is 1. The van der Waals surface area contributed by atoms with Crippen LogP contribution in [0.5, 0.6) is 0 Å². The third-order valence-electron chi connectivity index (χ3n) is 1.79. The van der Waals surface area contributed by atoms with Crippen LogP contribution in [-0.2, 0) is 6.61 Å². The van der Waals surface area contributed by atoms with Crippen molar-refractivity contribution in [3.05, 3.63) is 33.6 Å². The summed E-state index contributed by atoms with van der Waals surface area (Å²) in [7, 11) is 0. The molecule has 1 N–H and O–H groups in total. The van der Waals surface area contributed by atoms with E-state index in [4.69, 9.17) is 9.52 Å². The highest BCUT2D eigenvalue weighted by Gasteiger charge is 2.03. The van der Waals surface area contributed by atoms with Gasteiger partial charge in [-0.15, -0.1) is 0 Å². The molecule has 0 unspecified atom stereocenters. The molecule has 0 bridgehead atoms. The molecule has 2 rings (SSSR count). The predicted molar refractivity (Wildman–Crippen MR) is 54.9 cm³/mol. The maximum Gasteiger partial charge on any atom is 0.135 e. The topological polar surface area (TPSA) is 33.4 Å². The van der Waals surface area contributed by atoms with Crippen molar-refractivity contribution in [3.8, 4) is 0 Å². The van der Waals surface area contributed by atoms with Crippen molar-refractivity contribution >= 4 is 33.6 Å². The van der Waals surface area contributed by atoms with Crippen LogP contribution in [-0.4, -0.2) is 5.11 Å². The maximum absolute atomic E-state index is 8.93. The first-order chi connectivity index (χ1) is 5.81. The fraction of sp³-hybridized carbons (Fsp3) is 0.111. The Hall–Kier alpha value is -0.550. The van der Waals surface area contributed by atoms with Crippen molar-refractivity contribution in [2.75, 3.05) is 0 Å². The molecule has 1 aromatic carbocycles. The molecule has 2 nitrogen and oxygen atoms in total. The van der Waals surface area contributed by atoms with Crippen molar-refractivity contribution in [1.82, 2.24) is 0 Å². The summed E-state index contributed by atoms with van der Waals surface area (Å²) in [6, 6.07) is 5.92. The van der Waals surface area contributed by atoms with E-state index in [0.717, 1.165) is 20.1 Å². The van der Waals surface area contributed by atoms with Gasteiger partial charge in [-0.2, -0.15) is 0 Å². The molecule has 0 saturated carbocycles. The van der Waals surface area contributed by atoms with Gasteiger partial charge in [0.25, 0.3) is 0 Å². The standard InChI is InChI=1S/C9H7IO2/c10-7-1-2-8-6(4-11)5-12-9(8)3-7/h1-3,5,11H,4H2. The summed E-state index contributed by atoms with van der Waals surface area (Å²) in [5.74, 6) is 0. The quantitative estimate of drug-likeness (QED) is 0.811. The highest BCUT2D eigenvalue weighted by Crippen LogP contribution is 2.22. The molecule has 1 aromatic heterocycles. The molecule has 0 aliphatic heterocycles. The summed E-state index contributed by atoms with van der Waals surface area (Å²) in [4.78, 5) is 0. The zero-order valence-electron chi connectivity index (χ0n) is 6.25. The van der Waals surface area contributed by atoms with Gasteiger partial charge in [0.2, 0.25) is 0 Å². The summed E-state index contributed by atoms with van der Waals surface area (Å²) < 4.78 is 6.39. The molecule has 0 spiro atoms. The van der Waals surface area contributed by atoms with Crippen LogP contribution in [0.4, 0.5) is 0 Å². The molecule has 0 aliphatic rings. The zero-order valence-corrected chi connectivity index (χ0v) is 8.41. The second kappa shape index (κ2) is 3.06. The zero-order chi connectivity index (χ0) is 8.55. The summed E-state index contributed by atoms with van der Waals surface area (Å²) in [5, 5.41) is 9.93. The van der Waals surface area contributed by atoms with E-state index >= 15 is 0 Å². The first kappa shape index (κ1) is 8.07. The number of benzene rings is 1. The fourth-order valence-electron chi connectivity index (χ4n) is 1.18. The van der Waals surface area contributed by atoms with E-state index in [0.29, 0.717) is 0 Å². The lowest BCUT2D eigenvalue weighted by Gasteiger charge is -1.91. The van der Waals surface area contributed by atoms with Crippen LogP contribution in [0, 0.1) is 3.57 Å². The predicted octanol–water partition coefficient (Wildman–Crippen LogP) is 2.53. The van der Waals surface area contributed by atoms with E-state index in [1.807, 2.05) is 18.2 Å². The Kier molecular flexibility index (Phi) is 2.06. The summed E-state index contributed by atoms with van der Waals surface area (Å²) in [6.07, 6.45) is 1.60. The van der Waals surface area contributed by atoms with Gasteiger partial charge in [-0.25, -0.2) is 0 Å². The number of fused-ring (bicyclic) bond motifs is 1. The third kappa shape index (κ3) is 1.23. The van der Waals surface area contributed by atoms with Crippen LogP contribution < -0.4 is 0 Å². The van der Waals surface area contributed by atoms with E-state index in [-0.39, 0.29) is 6.61 Å². The van der Waals surface area contributed by atoms with E-state index < -0.39 is 0 Å². The van der Waals surface area contributed by atoms with Crippen molar-refractivity contribution in [2.24, 2.45) is 0 Å². The molecule has 3 heteroatoms. The lowest BCUT2D eigenvalue weighted by Crippen LogP contribution is -1.78. The monoisotopic (exact) mass is 274 g/mol. The maximum atomic E-state index is 8.93. The molecular formula is C9H7IO2. The summed E-state index contributed by atoms with van der Waals surface area (Å²) in [5.41, 5.74) is 1.69. The molecule has 0 amide bonds. The van der Waals surface area contributed by atoms with E-state index in [1.54, 1.807) is 6.26 Å². The third-order valence-corrected chi connectivity index (χ3v) is 2.46. The van der Waals surface area contributed by atoms with Gasteiger partial charge in [0, 0.05) is 14.5 Å². The lowest BCUT2D eigenvalue weighted by atomic mass is 10.2. The molecule has 1 heterocycles. The van der Waals surface area contributed by atoms with Gasteiger partial charge in [0.1, 0.15) is 5.58 Å². The van der Waals surface area contributed by atoms with Gasteiger partial charge >= 0.3 is 0 Å². The SMILES string of the molecule is OCc1coc2cc(I)ccc12. The second-order valence-electron chi connectivity index (χ2n) is 2.56. The molecule has 12 heavy (non-hydrogen) atoms. The minimum Gasteiger partial charge on any atom is -0.464 e. The molecule has 62 valence electrons. The minimum atomic E-state index is 0.0353. The van der Waals surface area contributed by atoms with Crippen molar-refractivity contribution in [3.63, 3.8) is 0 Å². The van der Waals surface area contributed by atoms with Crippen molar-refractivity contribution in [1.29, 1.82) is 0 Å². The smallest absolute Gasteiger partial charge is 0.135 e. The Bertz CT molecular complexity index is 406. The molecule has 0 aliphatic carbocycles. The Balaban J connectivity index is 2.73.